The van der Waals surface area contributed by atoms with E-state index in [0.717, 1.165) is 12.4 Å². The van der Waals surface area contributed by atoms with Gasteiger partial charge in [0.1, 0.15) is 17.3 Å². The molecule has 88 valence electrons. The molecule has 3 nitrogen and oxygen atoms in total. The molecule has 0 amide bonds. The van der Waals surface area contributed by atoms with Crippen LogP contribution in [-0.2, 0) is 0 Å². The van der Waals surface area contributed by atoms with Gasteiger partial charge in [-0.1, -0.05) is 23.7 Å². The molecule has 0 radical (unpaired) electrons. The number of hydrogen-bond acceptors (Lipinski definition) is 3. The summed E-state index contributed by atoms with van der Waals surface area (Å²) in [7, 11) is 0. The number of halogens is 1. The van der Waals surface area contributed by atoms with E-state index in [1.807, 2.05) is 31.2 Å². The van der Waals surface area contributed by atoms with Gasteiger partial charge in [-0.3, -0.25) is 0 Å². The van der Waals surface area contributed by atoms with Crippen LogP contribution in [0.4, 0.5) is 5.82 Å². The van der Waals surface area contributed by atoms with Crippen molar-refractivity contribution < 1.29 is 4.74 Å². The Hall–Kier alpha value is -1.74. The Bertz CT molecular complexity index is 502. The van der Waals surface area contributed by atoms with Crippen molar-refractivity contribution in [2.45, 2.75) is 6.92 Å². The van der Waals surface area contributed by atoms with E-state index in [-0.39, 0.29) is 0 Å². The first-order valence-electron chi connectivity index (χ1n) is 5.42. The molecule has 2 aromatic rings. The molecule has 1 aromatic heterocycles. The van der Waals surface area contributed by atoms with Crippen molar-refractivity contribution >= 4 is 17.4 Å². The SMILES string of the molecule is CCNc1cc(Oc2ccccc2Cl)ccn1. The number of hydrogen-bond donors (Lipinski definition) is 1. The molecule has 0 aliphatic rings. The van der Waals surface area contributed by atoms with Crippen LogP contribution in [0.5, 0.6) is 11.5 Å². The van der Waals surface area contributed by atoms with Gasteiger partial charge in [0, 0.05) is 18.8 Å². The summed E-state index contributed by atoms with van der Waals surface area (Å²) in [6.45, 7) is 2.84. The average molecular weight is 249 g/mol. The first-order chi connectivity index (χ1) is 8.29. The quantitative estimate of drug-likeness (QED) is 0.889. The van der Waals surface area contributed by atoms with Gasteiger partial charge in [-0.15, -0.1) is 0 Å². The predicted octanol–water partition coefficient (Wildman–Crippen LogP) is 3.96. The summed E-state index contributed by atoms with van der Waals surface area (Å²) in [5.74, 6) is 2.14. The molecule has 1 heterocycles. The number of rotatable bonds is 4. The highest BCUT2D eigenvalue weighted by atomic mass is 35.5. The maximum Gasteiger partial charge on any atom is 0.146 e. The highest BCUT2D eigenvalue weighted by molar-refractivity contribution is 6.32. The van der Waals surface area contributed by atoms with E-state index >= 15 is 0 Å². The van der Waals surface area contributed by atoms with Crippen LogP contribution in [0.3, 0.4) is 0 Å². The smallest absolute Gasteiger partial charge is 0.146 e. The van der Waals surface area contributed by atoms with Crippen LogP contribution in [0, 0.1) is 0 Å². The fourth-order valence-electron chi connectivity index (χ4n) is 1.41. The highest BCUT2D eigenvalue weighted by Gasteiger charge is 2.02. The van der Waals surface area contributed by atoms with Crippen molar-refractivity contribution in [3.63, 3.8) is 0 Å². The minimum atomic E-state index is 0.592. The second kappa shape index (κ2) is 5.55. The molecular formula is C13H13ClN2O. The largest absolute Gasteiger partial charge is 0.456 e. The van der Waals surface area contributed by atoms with Crippen LogP contribution in [0.2, 0.25) is 5.02 Å². The van der Waals surface area contributed by atoms with Crippen LogP contribution >= 0.6 is 11.6 Å². The minimum absolute atomic E-state index is 0.592. The molecule has 2 rings (SSSR count). The van der Waals surface area contributed by atoms with Crippen LogP contribution in [0.15, 0.2) is 42.6 Å². The normalized spacial score (nSPS) is 10.0. The standard InChI is InChI=1S/C13H13ClN2O/c1-2-15-13-9-10(7-8-16-13)17-12-6-4-3-5-11(12)14/h3-9H,2H2,1H3,(H,15,16). The highest BCUT2D eigenvalue weighted by Crippen LogP contribution is 2.29. The fourth-order valence-corrected chi connectivity index (χ4v) is 1.58. The van der Waals surface area contributed by atoms with Gasteiger partial charge < -0.3 is 10.1 Å². The number of aromatic nitrogens is 1. The Morgan fingerprint density at radius 3 is 2.88 bits per heavy atom. The third-order valence-electron chi connectivity index (χ3n) is 2.15. The Labute approximate surface area is 105 Å². The Morgan fingerprint density at radius 2 is 2.12 bits per heavy atom. The zero-order chi connectivity index (χ0) is 12.1. The summed E-state index contributed by atoms with van der Waals surface area (Å²) >= 11 is 6.02. The summed E-state index contributed by atoms with van der Waals surface area (Å²) < 4.78 is 5.68. The molecule has 4 heteroatoms. The van der Waals surface area contributed by atoms with Gasteiger partial charge in [-0.25, -0.2) is 4.98 Å². The van der Waals surface area contributed by atoms with Gasteiger partial charge in [-0.2, -0.15) is 0 Å². The van der Waals surface area contributed by atoms with Crippen LogP contribution in [-0.4, -0.2) is 11.5 Å². The van der Waals surface area contributed by atoms with Gasteiger partial charge in [0.25, 0.3) is 0 Å². The summed E-state index contributed by atoms with van der Waals surface area (Å²) in [5, 5.41) is 3.72. The van der Waals surface area contributed by atoms with Gasteiger partial charge in [0.2, 0.25) is 0 Å². The van der Waals surface area contributed by atoms with Crippen molar-refractivity contribution in [3.05, 3.63) is 47.6 Å². The summed E-state index contributed by atoms with van der Waals surface area (Å²) in [4.78, 5) is 4.17. The molecule has 0 saturated heterocycles. The second-order valence-corrected chi connectivity index (χ2v) is 3.85. The van der Waals surface area contributed by atoms with Crippen LogP contribution < -0.4 is 10.1 Å². The van der Waals surface area contributed by atoms with E-state index < -0.39 is 0 Å². The van der Waals surface area contributed by atoms with Crippen LogP contribution in [0.25, 0.3) is 0 Å². The molecule has 0 unspecified atom stereocenters. The molecule has 0 aliphatic heterocycles. The summed E-state index contributed by atoms with van der Waals surface area (Å²) in [6, 6.07) is 11.0. The van der Waals surface area contributed by atoms with Crippen molar-refractivity contribution in [2.24, 2.45) is 0 Å². The Balaban J connectivity index is 2.18. The minimum Gasteiger partial charge on any atom is -0.456 e. The van der Waals surface area contributed by atoms with E-state index in [0.29, 0.717) is 16.5 Å². The maximum atomic E-state index is 6.02. The predicted molar refractivity (Wildman–Crippen MR) is 69.9 cm³/mol. The van der Waals surface area contributed by atoms with Crippen LogP contribution in [0.1, 0.15) is 6.92 Å². The van der Waals surface area contributed by atoms with Gasteiger partial charge in [-0.05, 0) is 25.1 Å². The van der Waals surface area contributed by atoms with E-state index in [9.17, 15) is 0 Å². The zero-order valence-electron chi connectivity index (χ0n) is 9.48. The van der Waals surface area contributed by atoms with E-state index in [2.05, 4.69) is 10.3 Å². The van der Waals surface area contributed by atoms with Gasteiger partial charge in [0.15, 0.2) is 0 Å². The molecule has 0 bridgehead atoms. The number of para-hydroxylation sites is 1. The van der Waals surface area contributed by atoms with Gasteiger partial charge >= 0.3 is 0 Å². The van der Waals surface area contributed by atoms with E-state index in [1.165, 1.54) is 0 Å². The van der Waals surface area contributed by atoms with E-state index in [4.69, 9.17) is 16.3 Å². The van der Waals surface area contributed by atoms with Crippen molar-refractivity contribution in [3.8, 4) is 11.5 Å². The first kappa shape index (κ1) is 11.7. The Morgan fingerprint density at radius 1 is 1.29 bits per heavy atom. The molecule has 0 spiro atoms. The lowest BCUT2D eigenvalue weighted by atomic mass is 10.3. The number of nitrogens with zero attached hydrogens (tertiary/aromatic N) is 1. The fraction of sp³-hybridized carbons (Fsp3) is 0.154. The molecule has 0 saturated carbocycles. The lowest BCUT2D eigenvalue weighted by molar-refractivity contribution is 0.482. The lowest BCUT2D eigenvalue weighted by Crippen LogP contribution is -1.98. The van der Waals surface area contributed by atoms with Crippen molar-refractivity contribution in [1.82, 2.24) is 4.98 Å². The second-order valence-electron chi connectivity index (χ2n) is 3.44. The van der Waals surface area contributed by atoms with Gasteiger partial charge in [0.05, 0.1) is 5.02 Å². The number of nitrogens with one attached hydrogen (secondary N) is 1. The Kier molecular flexibility index (Phi) is 3.83. The summed E-state index contributed by atoms with van der Waals surface area (Å²) in [6.07, 6.45) is 1.70. The zero-order valence-corrected chi connectivity index (χ0v) is 10.2. The molecule has 17 heavy (non-hydrogen) atoms. The number of benzene rings is 1. The topological polar surface area (TPSA) is 34.1 Å². The molecule has 0 aliphatic carbocycles. The number of pyridine rings is 1. The van der Waals surface area contributed by atoms with Crippen molar-refractivity contribution in [1.29, 1.82) is 0 Å². The monoisotopic (exact) mass is 248 g/mol. The lowest BCUT2D eigenvalue weighted by Gasteiger charge is -2.08. The molecule has 0 fully saturated rings. The molecular weight excluding hydrogens is 236 g/mol. The third-order valence-corrected chi connectivity index (χ3v) is 2.47. The number of anilines is 1. The molecule has 1 aromatic carbocycles. The molecule has 1 N–H and O–H groups in total. The van der Waals surface area contributed by atoms with Crippen molar-refractivity contribution in [2.75, 3.05) is 11.9 Å². The average Bonchev–Trinajstić information content (AvgIpc) is 2.33. The maximum absolute atomic E-state index is 6.02. The number of ether oxygens (including phenoxy) is 1. The summed E-state index contributed by atoms with van der Waals surface area (Å²) in [5.41, 5.74) is 0. The third kappa shape index (κ3) is 3.11. The molecule has 0 atom stereocenters. The first-order valence-corrected chi connectivity index (χ1v) is 5.79. The van der Waals surface area contributed by atoms with E-state index in [1.54, 1.807) is 18.3 Å².